The van der Waals surface area contributed by atoms with Gasteiger partial charge >= 0.3 is 0 Å². The number of nitrogens with zero attached hydrogens (tertiary/aromatic N) is 3. The van der Waals surface area contributed by atoms with Crippen molar-refractivity contribution in [3.05, 3.63) is 6.07 Å². The number of nitrogens with two attached hydrogens (primary N) is 3. The predicted molar refractivity (Wildman–Crippen MR) is 63.8 cm³/mol. The van der Waals surface area contributed by atoms with Gasteiger partial charge in [-0.15, -0.1) is 0 Å². The Morgan fingerprint density at radius 1 is 1.53 bits per heavy atom. The molecule has 1 aliphatic rings. The Morgan fingerprint density at radius 3 is 2.88 bits per heavy atom. The number of carbonyl (C=O) groups excluding carboxylic acids is 1. The van der Waals surface area contributed by atoms with Gasteiger partial charge in [0, 0.05) is 19.2 Å². The van der Waals surface area contributed by atoms with E-state index in [1.165, 1.54) is 0 Å². The average Bonchev–Trinajstić information content (AvgIpc) is 2.77. The third-order valence-corrected chi connectivity index (χ3v) is 2.79. The van der Waals surface area contributed by atoms with Crippen molar-refractivity contribution in [3.8, 4) is 0 Å². The van der Waals surface area contributed by atoms with Crippen LogP contribution in [0.3, 0.4) is 0 Å². The quantitative estimate of drug-likeness (QED) is 0.377. The molecule has 0 bridgehead atoms. The molecule has 1 saturated heterocycles. The maximum absolute atomic E-state index is 11.1. The van der Waals surface area contributed by atoms with E-state index in [1.54, 1.807) is 6.07 Å². The van der Waals surface area contributed by atoms with Gasteiger partial charge in [0.1, 0.15) is 11.6 Å². The maximum atomic E-state index is 11.1. The summed E-state index contributed by atoms with van der Waals surface area (Å²) in [5.41, 5.74) is 13.2. The van der Waals surface area contributed by atoms with E-state index >= 15 is 0 Å². The molecule has 1 unspecified atom stereocenters. The van der Waals surface area contributed by atoms with Gasteiger partial charge in [0.25, 0.3) is 0 Å². The van der Waals surface area contributed by atoms with Crippen molar-refractivity contribution in [1.29, 1.82) is 0 Å². The lowest BCUT2D eigenvalue weighted by Crippen LogP contribution is -2.28. The Hall–Kier alpha value is -2.09. The minimum Gasteiger partial charge on any atom is -0.369 e. The Kier molecular flexibility index (Phi) is 2.96. The molecule has 0 aromatic carbocycles. The lowest BCUT2D eigenvalue weighted by atomic mass is 10.1. The summed E-state index contributed by atoms with van der Waals surface area (Å²) in [5, 5.41) is 0. The first-order valence-corrected chi connectivity index (χ1v) is 5.25. The first-order chi connectivity index (χ1) is 8.10. The van der Waals surface area contributed by atoms with E-state index in [-0.39, 0.29) is 17.8 Å². The fraction of sp³-hybridized carbons (Fsp3) is 0.444. The van der Waals surface area contributed by atoms with Gasteiger partial charge in [-0.05, 0) is 6.42 Å². The minimum atomic E-state index is -0.285. The molecule has 8 heteroatoms. The topological polar surface area (TPSA) is 136 Å². The highest BCUT2D eigenvalue weighted by Gasteiger charge is 2.27. The van der Waals surface area contributed by atoms with Gasteiger partial charge in [-0.1, -0.05) is 0 Å². The summed E-state index contributed by atoms with van der Waals surface area (Å²) in [4.78, 5) is 21.0. The predicted octanol–water partition coefficient (Wildman–Crippen LogP) is -1.34. The van der Waals surface area contributed by atoms with Crippen LogP contribution in [0.1, 0.15) is 6.42 Å². The second-order valence-electron chi connectivity index (χ2n) is 3.95. The van der Waals surface area contributed by atoms with Crippen LogP contribution in [0.5, 0.6) is 0 Å². The van der Waals surface area contributed by atoms with Crippen LogP contribution in [0.25, 0.3) is 0 Å². The standard InChI is InChI=1S/C9H15N7O/c10-8(17)5-1-2-16(4-5)7-3-6(15-12)13-9(11)14-7/h3,5H,1-2,4,12H2,(H2,10,17)(H3,11,13,14,15). The summed E-state index contributed by atoms with van der Waals surface area (Å²) in [7, 11) is 0. The summed E-state index contributed by atoms with van der Waals surface area (Å²) in [6.45, 7) is 1.27. The van der Waals surface area contributed by atoms with E-state index in [9.17, 15) is 4.79 Å². The van der Waals surface area contributed by atoms with Crippen LogP contribution in [-0.4, -0.2) is 29.0 Å². The summed E-state index contributed by atoms with van der Waals surface area (Å²) in [6, 6.07) is 1.68. The van der Waals surface area contributed by atoms with Gasteiger partial charge in [-0.25, -0.2) is 5.84 Å². The number of carbonyl (C=O) groups is 1. The molecule has 1 amide bonds. The van der Waals surface area contributed by atoms with Gasteiger partial charge < -0.3 is 21.8 Å². The van der Waals surface area contributed by atoms with Crippen molar-refractivity contribution in [2.45, 2.75) is 6.42 Å². The summed E-state index contributed by atoms with van der Waals surface area (Å²) < 4.78 is 0. The molecule has 0 saturated carbocycles. The molecule has 0 radical (unpaired) electrons. The van der Waals surface area contributed by atoms with Crippen LogP contribution >= 0.6 is 0 Å². The number of aromatic nitrogens is 2. The summed E-state index contributed by atoms with van der Waals surface area (Å²) in [6.07, 6.45) is 0.727. The van der Waals surface area contributed by atoms with Crippen LogP contribution < -0.4 is 27.6 Å². The van der Waals surface area contributed by atoms with Crippen LogP contribution in [-0.2, 0) is 4.79 Å². The second-order valence-corrected chi connectivity index (χ2v) is 3.95. The van der Waals surface area contributed by atoms with E-state index in [1.807, 2.05) is 4.90 Å². The number of hydrazine groups is 1. The van der Waals surface area contributed by atoms with Crippen LogP contribution in [0.2, 0.25) is 0 Å². The van der Waals surface area contributed by atoms with E-state index in [4.69, 9.17) is 17.3 Å². The molecular formula is C9H15N7O. The molecule has 7 N–H and O–H groups in total. The molecule has 1 aromatic rings. The van der Waals surface area contributed by atoms with E-state index in [0.717, 1.165) is 6.42 Å². The van der Waals surface area contributed by atoms with Crippen molar-refractivity contribution in [1.82, 2.24) is 9.97 Å². The smallest absolute Gasteiger partial charge is 0.223 e. The molecule has 0 spiro atoms. The molecule has 0 aliphatic carbocycles. The van der Waals surface area contributed by atoms with Crippen LogP contribution in [0, 0.1) is 5.92 Å². The largest absolute Gasteiger partial charge is 0.369 e. The number of amides is 1. The lowest BCUT2D eigenvalue weighted by molar-refractivity contribution is -0.121. The van der Waals surface area contributed by atoms with E-state index in [2.05, 4.69) is 15.4 Å². The first-order valence-electron chi connectivity index (χ1n) is 5.25. The van der Waals surface area contributed by atoms with Crippen molar-refractivity contribution in [3.63, 3.8) is 0 Å². The Bertz CT molecular complexity index is 435. The Morgan fingerprint density at radius 2 is 2.29 bits per heavy atom. The monoisotopic (exact) mass is 237 g/mol. The highest BCUT2D eigenvalue weighted by molar-refractivity contribution is 5.78. The SMILES string of the molecule is NNc1cc(N2CCC(C(N)=O)C2)nc(N)n1. The average molecular weight is 237 g/mol. The van der Waals surface area contributed by atoms with Gasteiger partial charge in [-0.2, -0.15) is 9.97 Å². The fourth-order valence-corrected chi connectivity index (χ4v) is 1.89. The number of nitrogen functional groups attached to an aromatic ring is 2. The van der Waals surface area contributed by atoms with Crippen molar-refractivity contribution < 1.29 is 4.79 Å². The molecule has 92 valence electrons. The van der Waals surface area contributed by atoms with Gasteiger partial charge in [0.15, 0.2) is 0 Å². The Balaban J connectivity index is 2.18. The highest BCUT2D eigenvalue weighted by Crippen LogP contribution is 2.23. The molecular weight excluding hydrogens is 222 g/mol. The van der Waals surface area contributed by atoms with Gasteiger partial charge in [0.05, 0.1) is 5.92 Å². The summed E-state index contributed by atoms with van der Waals surface area (Å²) in [5.74, 6) is 6.07. The lowest BCUT2D eigenvalue weighted by Gasteiger charge is -2.17. The van der Waals surface area contributed by atoms with Gasteiger partial charge in [0.2, 0.25) is 11.9 Å². The maximum Gasteiger partial charge on any atom is 0.223 e. The van der Waals surface area contributed by atoms with Crippen molar-refractivity contribution in [2.24, 2.45) is 17.5 Å². The molecule has 2 rings (SSSR count). The number of nitrogens with one attached hydrogen (secondary N) is 1. The molecule has 1 aromatic heterocycles. The Labute approximate surface area is 98.2 Å². The zero-order valence-electron chi connectivity index (χ0n) is 9.26. The number of primary amides is 1. The normalized spacial score (nSPS) is 19.4. The fourth-order valence-electron chi connectivity index (χ4n) is 1.89. The van der Waals surface area contributed by atoms with Crippen LogP contribution in [0.4, 0.5) is 17.6 Å². The van der Waals surface area contributed by atoms with Crippen molar-refractivity contribution in [2.75, 3.05) is 29.1 Å². The number of hydrogen-bond donors (Lipinski definition) is 4. The first kappa shape index (κ1) is 11.4. The molecule has 8 nitrogen and oxygen atoms in total. The van der Waals surface area contributed by atoms with E-state index < -0.39 is 0 Å². The third-order valence-electron chi connectivity index (χ3n) is 2.79. The third kappa shape index (κ3) is 2.36. The van der Waals surface area contributed by atoms with Crippen LogP contribution in [0.15, 0.2) is 6.07 Å². The number of hydrogen-bond acceptors (Lipinski definition) is 7. The van der Waals surface area contributed by atoms with E-state index in [0.29, 0.717) is 24.7 Å². The molecule has 1 atom stereocenters. The minimum absolute atomic E-state index is 0.137. The number of rotatable bonds is 3. The molecule has 1 aliphatic heterocycles. The van der Waals surface area contributed by atoms with Crippen molar-refractivity contribution >= 4 is 23.5 Å². The number of anilines is 3. The summed E-state index contributed by atoms with van der Waals surface area (Å²) >= 11 is 0. The molecule has 1 fully saturated rings. The highest BCUT2D eigenvalue weighted by atomic mass is 16.1. The molecule has 2 heterocycles. The van der Waals surface area contributed by atoms with Gasteiger partial charge in [-0.3, -0.25) is 4.79 Å². The molecule has 17 heavy (non-hydrogen) atoms. The zero-order chi connectivity index (χ0) is 12.4. The second kappa shape index (κ2) is 4.42. The zero-order valence-corrected chi connectivity index (χ0v) is 9.26.